The van der Waals surface area contributed by atoms with E-state index in [-0.39, 0.29) is 11.9 Å². The Morgan fingerprint density at radius 1 is 1.67 bits per heavy atom. The zero-order valence-electron chi connectivity index (χ0n) is 9.99. The lowest BCUT2D eigenvalue weighted by Gasteiger charge is -2.35. The van der Waals surface area contributed by atoms with Gasteiger partial charge < -0.3 is 16.0 Å². The summed E-state index contributed by atoms with van der Waals surface area (Å²) < 4.78 is 0. The van der Waals surface area contributed by atoms with Crippen molar-refractivity contribution in [1.82, 2.24) is 10.2 Å². The number of piperidine rings is 1. The molecule has 1 heterocycles. The minimum absolute atomic E-state index is 0.00102. The molecule has 0 aromatic carbocycles. The number of nitrogens with zero attached hydrogens (tertiary/aromatic N) is 1. The number of amides is 1. The largest absolute Gasteiger partial charge is 0.352 e. The Labute approximate surface area is 92.2 Å². The average molecular weight is 213 g/mol. The van der Waals surface area contributed by atoms with Gasteiger partial charge in [-0.15, -0.1) is 0 Å². The predicted molar refractivity (Wildman–Crippen MR) is 61.5 cm³/mol. The monoisotopic (exact) mass is 213 g/mol. The van der Waals surface area contributed by atoms with Crippen molar-refractivity contribution < 1.29 is 4.79 Å². The minimum atomic E-state index is -0.350. The summed E-state index contributed by atoms with van der Waals surface area (Å²) in [4.78, 5) is 13.9. The number of carbonyl (C=O) groups excluding carboxylic acids is 1. The molecule has 15 heavy (non-hydrogen) atoms. The number of nitrogens with one attached hydrogen (secondary N) is 1. The number of likely N-dealkylation sites (tertiary alicyclic amines) is 1. The first-order valence-electron chi connectivity index (χ1n) is 5.79. The van der Waals surface area contributed by atoms with Crippen molar-refractivity contribution in [3.8, 4) is 0 Å². The zero-order valence-corrected chi connectivity index (χ0v) is 9.99. The first-order chi connectivity index (χ1) is 7.04. The van der Waals surface area contributed by atoms with Crippen LogP contribution in [0.15, 0.2) is 0 Å². The number of hydrogen-bond donors (Lipinski definition) is 2. The molecule has 1 fully saturated rings. The normalized spacial score (nSPS) is 29.9. The van der Waals surface area contributed by atoms with E-state index in [0.717, 1.165) is 19.5 Å². The van der Waals surface area contributed by atoms with Gasteiger partial charge in [0.15, 0.2) is 0 Å². The van der Waals surface area contributed by atoms with Gasteiger partial charge in [0.25, 0.3) is 0 Å². The molecule has 4 nitrogen and oxygen atoms in total. The van der Waals surface area contributed by atoms with Crippen LogP contribution < -0.4 is 11.1 Å². The minimum Gasteiger partial charge on any atom is -0.352 e. The maximum Gasteiger partial charge on any atom is 0.237 e. The van der Waals surface area contributed by atoms with Gasteiger partial charge in [0, 0.05) is 12.6 Å². The van der Waals surface area contributed by atoms with Crippen LogP contribution in [0.25, 0.3) is 0 Å². The molecule has 3 atom stereocenters. The number of carbonyl (C=O) groups is 1. The fourth-order valence-corrected chi connectivity index (χ4v) is 2.04. The van der Waals surface area contributed by atoms with Crippen LogP contribution in [0.2, 0.25) is 0 Å². The van der Waals surface area contributed by atoms with Gasteiger partial charge in [-0.1, -0.05) is 13.8 Å². The van der Waals surface area contributed by atoms with Crippen molar-refractivity contribution in [2.24, 2.45) is 11.7 Å². The lowest BCUT2D eigenvalue weighted by molar-refractivity contribution is -0.123. The molecule has 0 aromatic heterocycles. The summed E-state index contributed by atoms with van der Waals surface area (Å²) >= 11 is 0. The van der Waals surface area contributed by atoms with Crippen molar-refractivity contribution in [3.63, 3.8) is 0 Å². The van der Waals surface area contributed by atoms with Gasteiger partial charge in [-0.25, -0.2) is 0 Å². The van der Waals surface area contributed by atoms with Gasteiger partial charge >= 0.3 is 0 Å². The van der Waals surface area contributed by atoms with Crippen LogP contribution in [0.1, 0.15) is 26.7 Å². The summed E-state index contributed by atoms with van der Waals surface area (Å²) in [7, 11) is 2.12. The van der Waals surface area contributed by atoms with Crippen LogP contribution in [0, 0.1) is 5.92 Å². The highest BCUT2D eigenvalue weighted by Gasteiger charge is 2.26. The second-order valence-electron chi connectivity index (χ2n) is 4.66. The van der Waals surface area contributed by atoms with E-state index in [1.807, 2.05) is 6.92 Å². The molecule has 1 aliphatic rings. The van der Waals surface area contributed by atoms with Gasteiger partial charge in [-0.2, -0.15) is 0 Å². The van der Waals surface area contributed by atoms with Gasteiger partial charge in [-0.05, 0) is 32.4 Å². The standard InChI is InChI=1S/C11H23N3O/c1-4-9(12)11(15)13-10-5-6-14(3)7-8(10)2/h8-10H,4-7,12H2,1-3H3,(H,13,15). The van der Waals surface area contributed by atoms with E-state index in [4.69, 9.17) is 5.73 Å². The molecule has 0 aromatic rings. The van der Waals surface area contributed by atoms with E-state index in [2.05, 4.69) is 24.2 Å². The lowest BCUT2D eigenvalue weighted by Crippen LogP contribution is -2.52. The molecule has 4 heteroatoms. The Kier molecular flexibility index (Phi) is 4.54. The van der Waals surface area contributed by atoms with Crippen molar-refractivity contribution in [2.75, 3.05) is 20.1 Å². The third-order valence-electron chi connectivity index (χ3n) is 3.21. The number of nitrogens with two attached hydrogens (primary N) is 1. The Morgan fingerprint density at radius 2 is 2.33 bits per heavy atom. The van der Waals surface area contributed by atoms with Gasteiger partial charge in [0.05, 0.1) is 6.04 Å². The maximum absolute atomic E-state index is 11.6. The molecule has 0 bridgehead atoms. The number of hydrogen-bond acceptors (Lipinski definition) is 3. The summed E-state index contributed by atoms with van der Waals surface area (Å²) in [5.41, 5.74) is 5.68. The predicted octanol–water partition coefficient (Wildman–Crippen LogP) is 0.180. The third kappa shape index (κ3) is 3.47. The van der Waals surface area contributed by atoms with Gasteiger partial charge in [0.1, 0.15) is 0 Å². The summed E-state index contributed by atoms with van der Waals surface area (Å²) in [6, 6.07) is -0.0526. The Balaban J connectivity index is 2.41. The molecule has 0 radical (unpaired) electrons. The van der Waals surface area contributed by atoms with E-state index < -0.39 is 0 Å². The average Bonchev–Trinajstić information content (AvgIpc) is 2.20. The SMILES string of the molecule is CCC(N)C(=O)NC1CCN(C)CC1C. The van der Waals surface area contributed by atoms with Crippen LogP contribution in [-0.2, 0) is 4.79 Å². The first-order valence-corrected chi connectivity index (χ1v) is 5.79. The van der Waals surface area contributed by atoms with Crippen LogP contribution in [0.3, 0.4) is 0 Å². The Morgan fingerprint density at radius 3 is 2.87 bits per heavy atom. The highest BCUT2D eigenvalue weighted by molar-refractivity contribution is 5.81. The molecule has 1 amide bonds. The molecule has 0 aliphatic carbocycles. The van der Waals surface area contributed by atoms with Crippen LogP contribution in [-0.4, -0.2) is 43.0 Å². The highest BCUT2D eigenvalue weighted by Crippen LogP contribution is 2.15. The molecule has 1 saturated heterocycles. The number of rotatable bonds is 3. The highest BCUT2D eigenvalue weighted by atomic mass is 16.2. The molecule has 0 spiro atoms. The fourth-order valence-electron chi connectivity index (χ4n) is 2.04. The van der Waals surface area contributed by atoms with E-state index in [1.54, 1.807) is 0 Å². The smallest absolute Gasteiger partial charge is 0.237 e. The van der Waals surface area contributed by atoms with E-state index in [1.165, 1.54) is 0 Å². The van der Waals surface area contributed by atoms with E-state index in [0.29, 0.717) is 18.4 Å². The molecule has 3 unspecified atom stereocenters. The quantitative estimate of drug-likeness (QED) is 0.703. The summed E-state index contributed by atoms with van der Waals surface area (Å²) in [5, 5.41) is 3.05. The zero-order chi connectivity index (χ0) is 11.4. The Bertz CT molecular complexity index is 220. The molecule has 3 N–H and O–H groups in total. The summed E-state index contributed by atoms with van der Waals surface area (Å²) in [6.07, 6.45) is 1.73. The van der Waals surface area contributed by atoms with E-state index >= 15 is 0 Å². The topological polar surface area (TPSA) is 58.4 Å². The summed E-state index contributed by atoms with van der Waals surface area (Å²) in [5.74, 6) is 0.510. The molecule has 88 valence electrons. The molecule has 0 saturated carbocycles. The van der Waals surface area contributed by atoms with Crippen molar-refractivity contribution in [2.45, 2.75) is 38.8 Å². The van der Waals surface area contributed by atoms with Crippen LogP contribution >= 0.6 is 0 Å². The lowest BCUT2D eigenvalue weighted by atomic mass is 9.94. The molecular weight excluding hydrogens is 190 g/mol. The summed E-state index contributed by atoms with van der Waals surface area (Å²) in [6.45, 7) is 6.21. The Hall–Kier alpha value is -0.610. The van der Waals surface area contributed by atoms with Crippen molar-refractivity contribution in [1.29, 1.82) is 0 Å². The third-order valence-corrected chi connectivity index (χ3v) is 3.21. The second kappa shape index (κ2) is 5.47. The van der Waals surface area contributed by atoms with Gasteiger partial charge in [-0.3, -0.25) is 4.79 Å². The van der Waals surface area contributed by atoms with Crippen molar-refractivity contribution >= 4 is 5.91 Å². The maximum atomic E-state index is 11.6. The fraction of sp³-hybridized carbons (Fsp3) is 0.909. The van der Waals surface area contributed by atoms with E-state index in [9.17, 15) is 4.79 Å². The van der Waals surface area contributed by atoms with Crippen LogP contribution in [0.4, 0.5) is 0 Å². The van der Waals surface area contributed by atoms with Crippen molar-refractivity contribution in [3.05, 3.63) is 0 Å². The first kappa shape index (κ1) is 12.5. The molecule has 1 rings (SSSR count). The van der Waals surface area contributed by atoms with Gasteiger partial charge in [0.2, 0.25) is 5.91 Å². The second-order valence-corrected chi connectivity index (χ2v) is 4.66. The molecular formula is C11H23N3O. The molecule has 1 aliphatic heterocycles. The van der Waals surface area contributed by atoms with Crippen LogP contribution in [0.5, 0.6) is 0 Å².